The predicted molar refractivity (Wildman–Crippen MR) is 88.5 cm³/mol. The van der Waals surface area contributed by atoms with E-state index >= 15 is 0 Å². The summed E-state index contributed by atoms with van der Waals surface area (Å²) in [5.41, 5.74) is 0.877. The molecule has 0 bridgehead atoms. The fraction of sp³-hybridized carbons (Fsp3) is 0.353. The molecular weight excluding hydrogens is 351 g/mol. The van der Waals surface area contributed by atoms with E-state index in [0.717, 1.165) is 5.56 Å². The standard InChI is InChI=1S/C17H18N2O4S.Na/c1-17(2)13(16(22)23)19-14(21)12(15(19)24-17)18-11(20)9-8-10-6-4-3-5-7-10;/h3-9,12-13,15H,1-2H3,(H,18,20)(H,22,23);/q;+1/p-1/b9-8+;/t12-,13+,15-;/m1./s1. The molecule has 2 heterocycles. The number of β-lactam (4-membered cyclic amide) rings is 1. The third-order valence-corrected chi connectivity index (χ3v) is 5.76. The molecule has 0 spiro atoms. The van der Waals surface area contributed by atoms with Crippen LogP contribution in [-0.4, -0.2) is 44.9 Å². The fourth-order valence-electron chi connectivity index (χ4n) is 3.06. The van der Waals surface area contributed by atoms with Gasteiger partial charge in [0.15, 0.2) is 0 Å². The molecule has 6 nitrogen and oxygen atoms in total. The van der Waals surface area contributed by atoms with Crippen molar-refractivity contribution >= 4 is 35.6 Å². The summed E-state index contributed by atoms with van der Waals surface area (Å²) in [6, 6.07) is 7.65. The molecule has 1 aromatic rings. The molecule has 126 valence electrons. The number of fused-ring (bicyclic) bond motifs is 1. The molecule has 1 aromatic carbocycles. The van der Waals surface area contributed by atoms with Gasteiger partial charge in [-0.05, 0) is 25.5 Å². The third kappa shape index (κ3) is 3.79. The Morgan fingerprint density at radius 3 is 2.52 bits per heavy atom. The Balaban J connectivity index is 0.00000225. The molecule has 0 aliphatic carbocycles. The Labute approximate surface area is 172 Å². The maximum atomic E-state index is 12.2. The predicted octanol–water partition coefficient (Wildman–Crippen LogP) is -3.00. The van der Waals surface area contributed by atoms with Gasteiger partial charge in [0.05, 0.1) is 12.0 Å². The first kappa shape index (κ1) is 20.0. The Kier molecular flexibility index (Phi) is 6.04. The van der Waals surface area contributed by atoms with Gasteiger partial charge in [0.2, 0.25) is 11.8 Å². The maximum absolute atomic E-state index is 12.2. The average molecular weight is 368 g/mol. The van der Waals surface area contributed by atoms with E-state index in [1.807, 2.05) is 30.3 Å². The van der Waals surface area contributed by atoms with Gasteiger partial charge in [0.25, 0.3) is 0 Å². The van der Waals surface area contributed by atoms with Crippen molar-refractivity contribution in [3.8, 4) is 0 Å². The molecule has 2 aliphatic heterocycles. The van der Waals surface area contributed by atoms with Crippen molar-refractivity contribution in [3.63, 3.8) is 0 Å². The summed E-state index contributed by atoms with van der Waals surface area (Å²) < 4.78 is -0.654. The summed E-state index contributed by atoms with van der Waals surface area (Å²) in [6.45, 7) is 3.52. The summed E-state index contributed by atoms with van der Waals surface area (Å²) >= 11 is 1.37. The molecule has 1 N–H and O–H groups in total. The van der Waals surface area contributed by atoms with E-state index in [0.29, 0.717) is 0 Å². The van der Waals surface area contributed by atoms with E-state index in [1.54, 1.807) is 19.9 Å². The molecule has 0 unspecified atom stereocenters. The Morgan fingerprint density at radius 1 is 1.28 bits per heavy atom. The van der Waals surface area contributed by atoms with E-state index < -0.39 is 22.8 Å². The Hall–Kier alpha value is -1.28. The van der Waals surface area contributed by atoms with Crippen molar-refractivity contribution in [2.24, 2.45) is 0 Å². The number of amides is 2. The first-order chi connectivity index (χ1) is 11.3. The van der Waals surface area contributed by atoms with Gasteiger partial charge in [-0.2, -0.15) is 0 Å². The van der Waals surface area contributed by atoms with Crippen LogP contribution in [0.25, 0.3) is 6.08 Å². The van der Waals surface area contributed by atoms with Gasteiger partial charge >= 0.3 is 29.6 Å². The van der Waals surface area contributed by atoms with Crippen LogP contribution in [0.2, 0.25) is 0 Å². The SMILES string of the molecule is CC1(C)S[C@@H]2[C@H](NC(=O)/C=C/c3ccccc3)C(=O)N2[C@H]1C(=O)[O-].[Na+]. The summed E-state index contributed by atoms with van der Waals surface area (Å²) in [6.07, 6.45) is 3.03. The van der Waals surface area contributed by atoms with Crippen LogP contribution in [0.15, 0.2) is 36.4 Å². The summed E-state index contributed by atoms with van der Waals surface area (Å²) in [5, 5.41) is 13.6. The van der Waals surface area contributed by atoms with Crippen LogP contribution in [0.4, 0.5) is 0 Å². The number of carbonyl (C=O) groups is 3. The number of nitrogens with one attached hydrogen (secondary N) is 1. The van der Waals surface area contributed by atoms with Gasteiger partial charge in [-0.15, -0.1) is 11.8 Å². The molecule has 0 aromatic heterocycles. The first-order valence-corrected chi connectivity index (χ1v) is 8.44. The number of carboxylic acids is 1. The summed E-state index contributed by atoms with van der Waals surface area (Å²) in [5.74, 6) is -2.03. The van der Waals surface area contributed by atoms with Gasteiger partial charge in [0, 0.05) is 10.8 Å². The van der Waals surface area contributed by atoms with Crippen LogP contribution in [0.5, 0.6) is 0 Å². The quantitative estimate of drug-likeness (QED) is 0.348. The van der Waals surface area contributed by atoms with Crippen molar-refractivity contribution in [3.05, 3.63) is 42.0 Å². The van der Waals surface area contributed by atoms with Crippen molar-refractivity contribution in [1.29, 1.82) is 0 Å². The number of thioether (sulfide) groups is 1. The van der Waals surface area contributed by atoms with Crippen molar-refractivity contribution in [2.75, 3.05) is 0 Å². The van der Waals surface area contributed by atoms with Crippen LogP contribution < -0.4 is 40.0 Å². The van der Waals surface area contributed by atoms with Crippen molar-refractivity contribution in [1.82, 2.24) is 10.2 Å². The number of rotatable bonds is 4. The van der Waals surface area contributed by atoms with Crippen molar-refractivity contribution < 1.29 is 49.0 Å². The number of nitrogens with zero attached hydrogens (tertiary/aromatic N) is 1. The molecule has 0 radical (unpaired) electrons. The largest absolute Gasteiger partial charge is 1.00 e. The minimum atomic E-state index is -1.27. The van der Waals surface area contributed by atoms with Gasteiger partial charge in [-0.3, -0.25) is 9.59 Å². The minimum absolute atomic E-state index is 0. The second-order valence-electron chi connectivity index (χ2n) is 6.31. The van der Waals surface area contributed by atoms with E-state index in [9.17, 15) is 19.5 Å². The maximum Gasteiger partial charge on any atom is 1.00 e. The summed E-state index contributed by atoms with van der Waals surface area (Å²) in [4.78, 5) is 36.9. The molecular formula is C17H17N2NaO4S. The van der Waals surface area contributed by atoms with E-state index in [1.165, 1.54) is 22.7 Å². The zero-order valence-electron chi connectivity index (χ0n) is 14.3. The molecule has 2 amide bonds. The monoisotopic (exact) mass is 368 g/mol. The van der Waals surface area contributed by atoms with E-state index in [2.05, 4.69) is 5.32 Å². The zero-order valence-corrected chi connectivity index (χ0v) is 17.1. The molecule has 8 heteroatoms. The smallest absolute Gasteiger partial charge is 0.548 e. The van der Waals surface area contributed by atoms with E-state index in [4.69, 9.17) is 0 Å². The molecule has 3 atom stereocenters. The van der Waals surface area contributed by atoms with Crippen LogP contribution in [0.3, 0.4) is 0 Å². The first-order valence-electron chi connectivity index (χ1n) is 7.56. The van der Waals surface area contributed by atoms with Gasteiger partial charge in [-0.1, -0.05) is 30.3 Å². The van der Waals surface area contributed by atoms with Gasteiger partial charge in [0.1, 0.15) is 11.4 Å². The van der Waals surface area contributed by atoms with Gasteiger partial charge in [-0.25, -0.2) is 0 Å². The van der Waals surface area contributed by atoms with Crippen LogP contribution >= 0.6 is 11.8 Å². The second kappa shape index (κ2) is 7.53. The molecule has 2 fully saturated rings. The normalized spacial score (nSPS) is 26.6. The molecule has 25 heavy (non-hydrogen) atoms. The molecule has 3 rings (SSSR count). The van der Waals surface area contributed by atoms with E-state index in [-0.39, 0.29) is 46.7 Å². The van der Waals surface area contributed by atoms with Crippen LogP contribution in [-0.2, 0) is 14.4 Å². The topological polar surface area (TPSA) is 89.5 Å². The number of benzene rings is 1. The Bertz CT molecular complexity index is 723. The Morgan fingerprint density at radius 2 is 1.92 bits per heavy atom. The number of carbonyl (C=O) groups excluding carboxylic acids is 3. The van der Waals surface area contributed by atoms with Gasteiger partial charge < -0.3 is 20.1 Å². The fourth-order valence-corrected chi connectivity index (χ4v) is 4.68. The molecule has 2 aliphatic rings. The number of aliphatic carboxylic acids is 1. The van der Waals surface area contributed by atoms with Crippen LogP contribution in [0, 0.1) is 0 Å². The van der Waals surface area contributed by atoms with Crippen LogP contribution in [0.1, 0.15) is 19.4 Å². The molecule has 2 saturated heterocycles. The zero-order chi connectivity index (χ0) is 17.5. The number of hydrogen-bond acceptors (Lipinski definition) is 5. The average Bonchev–Trinajstić information content (AvgIpc) is 2.80. The molecule has 0 saturated carbocycles. The second-order valence-corrected chi connectivity index (χ2v) is 8.08. The minimum Gasteiger partial charge on any atom is -0.548 e. The summed E-state index contributed by atoms with van der Waals surface area (Å²) in [7, 11) is 0. The number of hydrogen-bond donors (Lipinski definition) is 1. The third-order valence-electron chi connectivity index (χ3n) is 4.19. The number of carboxylic acid groups (broad SMARTS) is 1. The van der Waals surface area contributed by atoms with Crippen molar-refractivity contribution in [2.45, 2.75) is 36.1 Å².